The highest BCUT2D eigenvalue weighted by atomic mass is 16.3. The average Bonchev–Trinajstić information content (AvgIpc) is 2.48. The van der Waals surface area contributed by atoms with Gasteiger partial charge in [-0.15, -0.1) is 0 Å². The van der Waals surface area contributed by atoms with Crippen LogP contribution in [0.1, 0.15) is 92.4 Å². The lowest BCUT2D eigenvalue weighted by Crippen LogP contribution is -2.56. The maximum absolute atomic E-state index is 10.8. The minimum Gasteiger partial charge on any atom is -0.391 e. The molecule has 1 N–H and O–H groups in total. The summed E-state index contributed by atoms with van der Waals surface area (Å²) in [6.07, 6.45) is 10.7. The average molecular weight is 286 g/mol. The molecule has 1 unspecified atom stereocenters. The highest BCUT2D eigenvalue weighted by molar-refractivity contribution is 4.94. The summed E-state index contributed by atoms with van der Waals surface area (Å²) < 4.78 is 0. The van der Waals surface area contributed by atoms with Gasteiger partial charge < -0.3 is 5.11 Å². The summed E-state index contributed by atoms with van der Waals surface area (Å²) in [6.45, 7) is 13.2. The molecule has 0 aliphatic rings. The summed E-state index contributed by atoms with van der Waals surface area (Å²) in [5.41, 5.74) is -0.00703. The largest absolute Gasteiger partial charge is 0.391 e. The fourth-order valence-corrected chi connectivity index (χ4v) is 3.62. The van der Waals surface area contributed by atoms with E-state index >= 15 is 0 Å². The second-order valence-electron chi connectivity index (χ2n) is 6.06. The van der Waals surface area contributed by atoms with Crippen molar-refractivity contribution in [2.24, 2.45) is 0 Å². The minimum atomic E-state index is -0.177. The molecule has 0 bridgehead atoms. The predicted octanol–water partition coefficient (Wildman–Crippen LogP) is 5.00. The van der Waals surface area contributed by atoms with E-state index < -0.39 is 0 Å². The van der Waals surface area contributed by atoms with Crippen LogP contribution in [0.2, 0.25) is 0 Å². The topological polar surface area (TPSA) is 23.5 Å². The first-order valence-corrected chi connectivity index (χ1v) is 9.05. The van der Waals surface area contributed by atoms with Crippen molar-refractivity contribution in [1.82, 2.24) is 4.90 Å². The Morgan fingerprint density at radius 1 is 0.800 bits per heavy atom. The van der Waals surface area contributed by atoms with Gasteiger partial charge in [0.15, 0.2) is 0 Å². The van der Waals surface area contributed by atoms with Crippen molar-refractivity contribution in [3.05, 3.63) is 0 Å². The molecule has 0 heterocycles. The minimum absolute atomic E-state index is 0.00703. The number of hydrogen-bond acceptors (Lipinski definition) is 2. The van der Waals surface area contributed by atoms with Crippen LogP contribution in [-0.2, 0) is 0 Å². The first-order chi connectivity index (χ1) is 9.62. The van der Waals surface area contributed by atoms with Gasteiger partial charge in [0.2, 0.25) is 0 Å². The number of rotatable bonds is 13. The van der Waals surface area contributed by atoms with Crippen LogP contribution in [0.5, 0.6) is 0 Å². The van der Waals surface area contributed by atoms with E-state index in [4.69, 9.17) is 0 Å². The van der Waals surface area contributed by atoms with E-state index in [1.54, 1.807) is 0 Å². The Morgan fingerprint density at radius 2 is 1.30 bits per heavy atom. The number of unbranched alkanes of at least 4 members (excludes halogenated alkanes) is 5. The van der Waals surface area contributed by atoms with E-state index in [1.807, 2.05) is 0 Å². The van der Waals surface area contributed by atoms with Crippen molar-refractivity contribution in [3.63, 3.8) is 0 Å². The van der Waals surface area contributed by atoms with Gasteiger partial charge in [-0.05, 0) is 32.4 Å². The quantitative estimate of drug-likeness (QED) is 0.481. The Hall–Kier alpha value is -0.0800. The Labute approximate surface area is 127 Å². The smallest absolute Gasteiger partial charge is 0.0723 e. The molecule has 0 aromatic heterocycles. The van der Waals surface area contributed by atoms with Crippen molar-refractivity contribution < 1.29 is 5.11 Å². The van der Waals surface area contributed by atoms with Crippen molar-refractivity contribution in [1.29, 1.82) is 0 Å². The molecule has 0 saturated heterocycles. The monoisotopic (exact) mass is 285 g/mol. The molecule has 0 fully saturated rings. The van der Waals surface area contributed by atoms with Gasteiger partial charge in [0, 0.05) is 5.54 Å². The summed E-state index contributed by atoms with van der Waals surface area (Å²) >= 11 is 0. The summed E-state index contributed by atoms with van der Waals surface area (Å²) in [7, 11) is 0. The lowest BCUT2D eigenvalue weighted by molar-refractivity contribution is -0.0394. The van der Waals surface area contributed by atoms with Crippen LogP contribution in [0.25, 0.3) is 0 Å². The SMILES string of the molecule is CCCCCCCCC(O)C(CC)(CC)N(CC)CC. The molecule has 0 rings (SSSR count). The predicted molar refractivity (Wildman–Crippen MR) is 90.2 cm³/mol. The molecule has 0 aliphatic heterocycles. The summed E-state index contributed by atoms with van der Waals surface area (Å²) in [6, 6.07) is 0. The Bertz CT molecular complexity index is 209. The van der Waals surface area contributed by atoms with Crippen LogP contribution in [0.15, 0.2) is 0 Å². The van der Waals surface area contributed by atoms with Crippen LogP contribution in [0.4, 0.5) is 0 Å². The maximum Gasteiger partial charge on any atom is 0.0723 e. The third-order valence-electron chi connectivity index (χ3n) is 5.07. The van der Waals surface area contributed by atoms with Crippen molar-refractivity contribution in [3.8, 4) is 0 Å². The van der Waals surface area contributed by atoms with E-state index in [9.17, 15) is 5.11 Å². The molecule has 2 nitrogen and oxygen atoms in total. The zero-order chi connectivity index (χ0) is 15.4. The summed E-state index contributed by atoms with van der Waals surface area (Å²) in [4.78, 5) is 2.47. The molecule has 0 aromatic rings. The molecular formula is C18H39NO. The van der Waals surface area contributed by atoms with Crippen molar-refractivity contribution in [2.75, 3.05) is 13.1 Å². The lowest BCUT2D eigenvalue weighted by Gasteiger charge is -2.46. The van der Waals surface area contributed by atoms with Crippen LogP contribution in [0, 0.1) is 0 Å². The van der Waals surface area contributed by atoms with Crippen LogP contribution in [-0.4, -0.2) is 34.7 Å². The van der Waals surface area contributed by atoms with Crippen molar-refractivity contribution in [2.45, 2.75) is 104 Å². The zero-order valence-corrected chi connectivity index (χ0v) is 14.7. The second-order valence-corrected chi connectivity index (χ2v) is 6.06. The van der Waals surface area contributed by atoms with E-state index in [0.29, 0.717) is 0 Å². The molecule has 20 heavy (non-hydrogen) atoms. The fourth-order valence-electron chi connectivity index (χ4n) is 3.62. The molecule has 0 saturated carbocycles. The van der Waals surface area contributed by atoms with Gasteiger partial charge in [-0.1, -0.05) is 73.1 Å². The summed E-state index contributed by atoms with van der Waals surface area (Å²) in [5, 5.41) is 10.8. The van der Waals surface area contributed by atoms with E-state index in [-0.39, 0.29) is 11.6 Å². The Morgan fingerprint density at radius 3 is 1.75 bits per heavy atom. The Kier molecular flexibility index (Phi) is 11.5. The molecule has 0 aliphatic carbocycles. The van der Waals surface area contributed by atoms with Crippen LogP contribution < -0.4 is 0 Å². The highest BCUT2D eigenvalue weighted by Gasteiger charge is 2.38. The maximum atomic E-state index is 10.8. The van der Waals surface area contributed by atoms with E-state index in [1.165, 1.54) is 38.5 Å². The lowest BCUT2D eigenvalue weighted by atomic mass is 9.82. The molecule has 2 heteroatoms. The molecular weight excluding hydrogens is 246 g/mol. The third-order valence-corrected chi connectivity index (χ3v) is 5.07. The number of likely N-dealkylation sites (N-methyl/N-ethyl adjacent to an activating group) is 1. The molecule has 0 amide bonds. The van der Waals surface area contributed by atoms with Gasteiger partial charge >= 0.3 is 0 Å². The van der Waals surface area contributed by atoms with Gasteiger partial charge in [-0.25, -0.2) is 0 Å². The molecule has 1 atom stereocenters. The van der Waals surface area contributed by atoms with Crippen molar-refractivity contribution >= 4 is 0 Å². The van der Waals surface area contributed by atoms with Gasteiger partial charge in [0.25, 0.3) is 0 Å². The fraction of sp³-hybridized carbons (Fsp3) is 1.00. The molecule has 0 radical (unpaired) electrons. The second kappa shape index (κ2) is 11.6. The first kappa shape index (κ1) is 19.9. The van der Waals surface area contributed by atoms with Crippen LogP contribution >= 0.6 is 0 Å². The number of hydrogen-bond donors (Lipinski definition) is 1. The number of aliphatic hydroxyl groups excluding tert-OH is 1. The Balaban J connectivity index is 4.32. The third kappa shape index (κ3) is 5.73. The standard InChI is InChI=1S/C18H39NO/c1-6-11-12-13-14-15-16-17(20)18(7-2,8-3)19(9-4)10-5/h17,20H,6-16H2,1-5H3. The van der Waals surface area contributed by atoms with Gasteiger partial charge in [-0.3, -0.25) is 4.90 Å². The molecule has 0 aromatic carbocycles. The van der Waals surface area contributed by atoms with Gasteiger partial charge in [0.1, 0.15) is 0 Å². The number of aliphatic hydroxyl groups is 1. The van der Waals surface area contributed by atoms with Gasteiger partial charge in [0.05, 0.1) is 6.10 Å². The highest BCUT2D eigenvalue weighted by Crippen LogP contribution is 2.30. The number of nitrogens with zero attached hydrogens (tertiary/aromatic N) is 1. The molecule has 122 valence electrons. The van der Waals surface area contributed by atoms with Gasteiger partial charge in [-0.2, -0.15) is 0 Å². The van der Waals surface area contributed by atoms with E-state index in [0.717, 1.165) is 32.4 Å². The summed E-state index contributed by atoms with van der Waals surface area (Å²) in [5.74, 6) is 0. The first-order valence-electron chi connectivity index (χ1n) is 9.05. The normalized spacial score (nSPS) is 13.9. The molecule has 0 spiro atoms. The van der Waals surface area contributed by atoms with E-state index in [2.05, 4.69) is 39.5 Å². The van der Waals surface area contributed by atoms with Crippen LogP contribution in [0.3, 0.4) is 0 Å². The zero-order valence-electron chi connectivity index (χ0n) is 14.7.